The van der Waals surface area contributed by atoms with Gasteiger partial charge in [-0.25, -0.2) is 4.99 Å². The second-order valence-electron chi connectivity index (χ2n) is 4.89. The van der Waals surface area contributed by atoms with Gasteiger partial charge in [-0.1, -0.05) is 18.6 Å². The summed E-state index contributed by atoms with van der Waals surface area (Å²) in [5, 5.41) is 12.9. The fraction of sp³-hybridized carbons (Fsp3) is 0.500. The molecule has 0 spiro atoms. The molecule has 3 rings (SSSR count). The monoisotopic (exact) mass is 246 g/mol. The van der Waals surface area contributed by atoms with Gasteiger partial charge in [0, 0.05) is 0 Å². The lowest BCUT2D eigenvalue weighted by molar-refractivity contribution is 0.292. The lowest BCUT2D eigenvalue weighted by Gasteiger charge is -2.22. The number of hydrogen-bond acceptors (Lipinski definition) is 4. The van der Waals surface area contributed by atoms with Crippen LogP contribution in [-0.2, 0) is 4.74 Å². The van der Waals surface area contributed by atoms with Crippen LogP contribution in [0.3, 0.4) is 0 Å². The average molecular weight is 246 g/mol. The van der Waals surface area contributed by atoms with E-state index in [1.165, 1.54) is 12.8 Å². The van der Waals surface area contributed by atoms with Crippen LogP contribution in [0.25, 0.3) is 0 Å². The molecule has 1 saturated heterocycles. The van der Waals surface area contributed by atoms with Crippen LogP contribution in [0.2, 0.25) is 0 Å². The van der Waals surface area contributed by atoms with Crippen molar-refractivity contribution >= 4 is 5.90 Å². The van der Waals surface area contributed by atoms with E-state index in [1.54, 1.807) is 12.1 Å². The molecule has 18 heavy (non-hydrogen) atoms. The molecule has 2 N–H and O–H groups in total. The van der Waals surface area contributed by atoms with Gasteiger partial charge in [0.05, 0.1) is 6.04 Å². The second kappa shape index (κ2) is 4.98. The third-order valence-electron chi connectivity index (χ3n) is 3.54. The van der Waals surface area contributed by atoms with E-state index in [-0.39, 0.29) is 17.8 Å². The molecular formula is C14H18N2O2. The number of phenolic OH excluding ortho intramolecular Hbond substituents is 1. The first-order valence-electron chi connectivity index (χ1n) is 6.56. The van der Waals surface area contributed by atoms with E-state index >= 15 is 0 Å². The van der Waals surface area contributed by atoms with Crippen molar-refractivity contribution in [2.24, 2.45) is 4.99 Å². The van der Waals surface area contributed by atoms with Crippen LogP contribution >= 0.6 is 0 Å². The number of piperidine rings is 1. The lowest BCUT2D eigenvalue weighted by atomic mass is 10.1. The molecule has 2 heterocycles. The van der Waals surface area contributed by atoms with E-state index in [4.69, 9.17) is 4.74 Å². The molecular weight excluding hydrogens is 228 g/mol. The van der Waals surface area contributed by atoms with E-state index in [2.05, 4.69) is 10.3 Å². The van der Waals surface area contributed by atoms with E-state index in [1.807, 2.05) is 12.1 Å². The van der Waals surface area contributed by atoms with Crippen molar-refractivity contribution in [3.8, 4) is 5.75 Å². The zero-order valence-electron chi connectivity index (χ0n) is 10.3. The Kier molecular flexibility index (Phi) is 3.19. The largest absolute Gasteiger partial charge is 0.508 e. The molecule has 0 aliphatic carbocycles. The Hall–Kier alpha value is -1.55. The number of rotatable bonds is 2. The van der Waals surface area contributed by atoms with Gasteiger partial charge in [-0.05, 0) is 37.1 Å². The van der Waals surface area contributed by atoms with Gasteiger partial charge >= 0.3 is 0 Å². The molecule has 96 valence electrons. The molecule has 2 aliphatic heterocycles. The number of hydrogen-bond donors (Lipinski definition) is 2. The Morgan fingerprint density at radius 1 is 1.33 bits per heavy atom. The van der Waals surface area contributed by atoms with Crippen LogP contribution in [-0.4, -0.2) is 30.2 Å². The molecule has 2 atom stereocenters. The standard InChI is InChI=1S/C14H18N2O2/c17-11-5-3-4-10(8-11)13-9-18-14(16-13)12-6-1-2-7-15-12/h3-5,8,12-13,15,17H,1-2,6-7,9H2. The topological polar surface area (TPSA) is 53.9 Å². The fourth-order valence-corrected chi connectivity index (χ4v) is 2.55. The molecule has 1 fully saturated rings. The molecule has 2 unspecified atom stereocenters. The van der Waals surface area contributed by atoms with Gasteiger partial charge < -0.3 is 15.2 Å². The highest BCUT2D eigenvalue weighted by Crippen LogP contribution is 2.27. The summed E-state index contributed by atoms with van der Waals surface area (Å²) < 4.78 is 5.71. The summed E-state index contributed by atoms with van der Waals surface area (Å²) >= 11 is 0. The number of ether oxygens (including phenoxy) is 1. The summed E-state index contributed by atoms with van der Waals surface area (Å²) in [4.78, 5) is 4.64. The third-order valence-corrected chi connectivity index (χ3v) is 3.54. The maximum atomic E-state index is 9.49. The number of aliphatic imine (C=N–C) groups is 1. The zero-order valence-corrected chi connectivity index (χ0v) is 10.3. The average Bonchev–Trinajstić information content (AvgIpc) is 2.89. The first-order valence-corrected chi connectivity index (χ1v) is 6.56. The Balaban J connectivity index is 1.74. The van der Waals surface area contributed by atoms with E-state index in [0.29, 0.717) is 6.61 Å². The van der Waals surface area contributed by atoms with Gasteiger partial charge in [0.2, 0.25) is 5.90 Å². The number of benzene rings is 1. The molecule has 4 heteroatoms. The van der Waals surface area contributed by atoms with Crippen LogP contribution < -0.4 is 5.32 Å². The maximum Gasteiger partial charge on any atom is 0.201 e. The minimum Gasteiger partial charge on any atom is -0.508 e. The summed E-state index contributed by atoms with van der Waals surface area (Å²) in [5.41, 5.74) is 1.01. The Bertz CT molecular complexity index is 453. The normalized spacial score (nSPS) is 27.7. The minimum atomic E-state index is 0.0239. The van der Waals surface area contributed by atoms with Crippen molar-refractivity contribution in [3.05, 3.63) is 29.8 Å². The van der Waals surface area contributed by atoms with Gasteiger partial charge in [-0.3, -0.25) is 0 Å². The lowest BCUT2D eigenvalue weighted by Crippen LogP contribution is -2.40. The number of nitrogens with one attached hydrogen (secondary N) is 1. The first kappa shape index (κ1) is 11.5. The third kappa shape index (κ3) is 2.34. The Labute approximate surface area is 107 Å². The smallest absolute Gasteiger partial charge is 0.201 e. The molecule has 1 aromatic carbocycles. The van der Waals surface area contributed by atoms with Crippen molar-refractivity contribution in [2.75, 3.05) is 13.2 Å². The van der Waals surface area contributed by atoms with Crippen molar-refractivity contribution in [1.29, 1.82) is 0 Å². The summed E-state index contributed by atoms with van der Waals surface area (Å²) in [5.74, 6) is 1.12. The predicted molar refractivity (Wildman–Crippen MR) is 69.9 cm³/mol. The quantitative estimate of drug-likeness (QED) is 0.839. The molecule has 1 aromatic rings. The van der Waals surface area contributed by atoms with Gasteiger partial charge in [-0.2, -0.15) is 0 Å². The summed E-state index contributed by atoms with van der Waals surface area (Å²) in [7, 11) is 0. The molecule has 0 radical (unpaired) electrons. The second-order valence-corrected chi connectivity index (χ2v) is 4.89. The summed E-state index contributed by atoms with van der Waals surface area (Å²) in [6, 6.07) is 7.56. The van der Waals surface area contributed by atoms with Gasteiger partial charge in [0.15, 0.2) is 0 Å². The van der Waals surface area contributed by atoms with Gasteiger partial charge in [0.1, 0.15) is 18.4 Å². The highest BCUT2D eigenvalue weighted by molar-refractivity contribution is 5.83. The number of phenols is 1. The van der Waals surface area contributed by atoms with Crippen LogP contribution in [0.4, 0.5) is 0 Å². The Morgan fingerprint density at radius 2 is 2.28 bits per heavy atom. The predicted octanol–water partition coefficient (Wildman–Crippen LogP) is 2.00. The minimum absolute atomic E-state index is 0.0239. The SMILES string of the molecule is Oc1cccc(C2COC(C3CCCCN3)=N2)c1. The summed E-state index contributed by atoms with van der Waals surface area (Å²) in [6.45, 7) is 1.63. The number of nitrogens with zero attached hydrogens (tertiary/aromatic N) is 1. The maximum absolute atomic E-state index is 9.49. The highest BCUT2D eigenvalue weighted by atomic mass is 16.5. The highest BCUT2D eigenvalue weighted by Gasteiger charge is 2.27. The first-order chi connectivity index (χ1) is 8.83. The van der Waals surface area contributed by atoms with E-state index < -0.39 is 0 Å². The Morgan fingerprint density at radius 3 is 3.06 bits per heavy atom. The van der Waals surface area contributed by atoms with Gasteiger partial charge in [-0.15, -0.1) is 0 Å². The zero-order chi connectivity index (χ0) is 12.4. The number of aromatic hydroxyl groups is 1. The molecule has 0 amide bonds. The van der Waals surface area contributed by atoms with Crippen LogP contribution in [0.1, 0.15) is 30.9 Å². The van der Waals surface area contributed by atoms with Crippen molar-refractivity contribution in [1.82, 2.24) is 5.32 Å². The van der Waals surface area contributed by atoms with Crippen LogP contribution in [0, 0.1) is 0 Å². The van der Waals surface area contributed by atoms with E-state index in [9.17, 15) is 5.11 Å². The molecule has 0 saturated carbocycles. The van der Waals surface area contributed by atoms with E-state index in [0.717, 1.165) is 24.4 Å². The van der Waals surface area contributed by atoms with Crippen molar-refractivity contribution in [2.45, 2.75) is 31.3 Å². The van der Waals surface area contributed by atoms with Gasteiger partial charge in [0.25, 0.3) is 0 Å². The molecule has 2 aliphatic rings. The van der Waals surface area contributed by atoms with Crippen molar-refractivity contribution < 1.29 is 9.84 Å². The molecule has 0 bridgehead atoms. The molecule has 0 aromatic heterocycles. The van der Waals surface area contributed by atoms with Crippen molar-refractivity contribution in [3.63, 3.8) is 0 Å². The van der Waals surface area contributed by atoms with Crippen LogP contribution in [0.5, 0.6) is 5.75 Å². The molecule has 4 nitrogen and oxygen atoms in total. The van der Waals surface area contributed by atoms with Crippen LogP contribution in [0.15, 0.2) is 29.3 Å². The summed E-state index contributed by atoms with van der Waals surface area (Å²) in [6.07, 6.45) is 3.57. The fourth-order valence-electron chi connectivity index (χ4n) is 2.55.